The van der Waals surface area contributed by atoms with Crippen LogP contribution in [0.3, 0.4) is 0 Å². The molecule has 0 aliphatic heterocycles. The summed E-state index contributed by atoms with van der Waals surface area (Å²) >= 11 is 6.26. The minimum Gasteiger partial charge on any atom is -0.391 e. The first-order chi connectivity index (χ1) is 18.6. The molecule has 0 heterocycles. The Hall–Kier alpha value is -2.22. The Labute approximate surface area is 235 Å². The van der Waals surface area contributed by atoms with Crippen molar-refractivity contribution >= 4 is 33.0 Å². The van der Waals surface area contributed by atoms with E-state index in [0.29, 0.717) is 18.6 Å². The van der Waals surface area contributed by atoms with Crippen LogP contribution in [0.2, 0.25) is 5.02 Å². The Bertz CT molecular complexity index is 1370. The van der Waals surface area contributed by atoms with E-state index >= 15 is 0 Å². The molecule has 7 atom stereocenters. The molecule has 8 nitrogen and oxygen atoms in total. The molecule has 40 heavy (non-hydrogen) atoms. The zero-order valence-corrected chi connectivity index (χ0v) is 23.4. The third kappa shape index (κ3) is 5.88. The molecule has 2 saturated carbocycles. The molecule has 2 aromatic rings. The number of rotatable bonds is 9. The van der Waals surface area contributed by atoms with Gasteiger partial charge in [0.2, 0.25) is 0 Å². The van der Waals surface area contributed by atoms with Crippen molar-refractivity contribution in [3.05, 3.63) is 58.4 Å². The third-order valence-corrected chi connectivity index (χ3v) is 10.8. The summed E-state index contributed by atoms with van der Waals surface area (Å²) in [7, 11) is -4.09. The lowest BCUT2D eigenvalue weighted by molar-refractivity contribution is -0.132. The van der Waals surface area contributed by atoms with Crippen molar-refractivity contribution < 1.29 is 46.4 Å². The zero-order valence-electron chi connectivity index (χ0n) is 21.8. The molecule has 2 unspecified atom stereocenters. The zero-order chi connectivity index (χ0) is 29.6. The summed E-state index contributed by atoms with van der Waals surface area (Å²) in [5.74, 6) is -6.43. The van der Waals surface area contributed by atoms with Gasteiger partial charge < -0.3 is 25.4 Å². The first kappa shape index (κ1) is 30.7. The second-order valence-corrected chi connectivity index (χ2v) is 13.4. The van der Waals surface area contributed by atoms with Crippen LogP contribution in [0.1, 0.15) is 43.5 Å². The smallest absolute Gasteiger partial charge is 0.255 e. The number of hydrogen-bond acceptors (Lipinski definition) is 7. The minimum absolute atomic E-state index is 0.00965. The normalized spacial score (nSPS) is 27.8. The highest BCUT2D eigenvalue weighted by molar-refractivity contribution is 7.92. The Morgan fingerprint density at radius 3 is 2.40 bits per heavy atom. The Kier molecular flexibility index (Phi) is 8.89. The van der Waals surface area contributed by atoms with Gasteiger partial charge in [0.15, 0.2) is 27.3 Å². The van der Waals surface area contributed by atoms with Gasteiger partial charge in [-0.25, -0.2) is 21.6 Å². The quantitative estimate of drug-likeness (QED) is 0.320. The number of sulfone groups is 1. The van der Waals surface area contributed by atoms with Gasteiger partial charge in [-0.1, -0.05) is 18.5 Å². The fourth-order valence-corrected chi connectivity index (χ4v) is 8.26. The van der Waals surface area contributed by atoms with Crippen LogP contribution in [0.15, 0.2) is 35.2 Å². The fourth-order valence-electron chi connectivity index (χ4n) is 5.88. The molecule has 13 heteroatoms. The molecule has 2 fully saturated rings. The number of amides is 1. The summed E-state index contributed by atoms with van der Waals surface area (Å²) in [4.78, 5) is 12.5. The van der Waals surface area contributed by atoms with Crippen molar-refractivity contribution in [2.45, 2.75) is 61.1 Å². The van der Waals surface area contributed by atoms with E-state index in [0.717, 1.165) is 6.07 Å². The lowest BCUT2D eigenvalue weighted by Gasteiger charge is -2.43. The van der Waals surface area contributed by atoms with Crippen LogP contribution in [0, 0.1) is 35.2 Å². The van der Waals surface area contributed by atoms with E-state index in [9.17, 15) is 41.7 Å². The van der Waals surface area contributed by atoms with Crippen molar-refractivity contribution in [3.8, 4) is 0 Å². The van der Waals surface area contributed by atoms with Crippen molar-refractivity contribution in [3.63, 3.8) is 0 Å². The largest absolute Gasteiger partial charge is 0.391 e. The number of nitrogens with one attached hydrogen (secondary N) is 1. The number of aliphatic hydroxyl groups is 3. The van der Waals surface area contributed by atoms with Crippen LogP contribution in [-0.4, -0.2) is 65.9 Å². The van der Waals surface area contributed by atoms with E-state index in [-0.39, 0.29) is 53.1 Å². The lowest BCUT2D eigenvalue weighted by Crippen LogP contribution is -2.52. The molecule has 0 aromatic heterocycles. The molecule has 4 N–H and O–H groups in total. The molecule has 0 radical (unpaired) electrons. The van der Waals surface area contributed by atoms with Gasteiger partial charge >= 0.3 is 0 Å². The van der Waals surface area contributed by atoms with E-state index in [2.05, 4.69) is 5.32 Å². The average Bonchev–Trinajstić information content (AvgIpc) is 3.00. The lowest BCUT2D eigenvalue weighted by atomic mass is 9.73. The molecule has 4 rings (SSSR count). The van der Waals surface area contributed by atoms with E-state index in [1.807, 2.05) is 6.92 Å². The number of carbonyl (C=O) groups excluding carboxylic acids is 1. The van der Waals surface area contributed by atoms with E-state index < -0.39 is 68.1 Å². The second-order valence-electron chi connectivity index (χ2n) is 10.8. The molecule has 0 spiro atoms. The SMILES string of the molecule is CC1CC2C[C@@H](S(=O)(=O)c3cc(C(=O)Nc4cc(F)c(F)c(F)c4)ccc3Cl)C[C@H]1[C@@]2(O)COC[C@@H](O)[C@@H](C)O. The van der Waals surface area contributed by atoms with Gasteiger partial charge in [-0.3, -0.25) is 4.79 Å². The summed E-state index contributed by atoms with van der Waals surface area (Å²) in [6, 6.07) is 4.75. The highest BCUT2D eigenvalue weighted by atomic mass is 35.5. The summed E-state index contributed by atoms with van der Waals surface area (Å²) in [5, 5.41) is 31.9. The van der Waals surface area contributed by atoms with Gasteiger partial charge in [-0.2, -0.15) is 0 Å². The third-order valence-electron chi connectivity index (χ3n) is 8.12. The predicted molar refractivity (Wildman–Crippen MR) is 140 cm³/mol. The number of aliphatic hydroxyl groups excluding tert-OH is 2. The van der Waals surface area contributed by atoms with Gasteiger partial charge in [0, 0.05) is 23.4 Å². The van der Waals surface area contributed by atoms with Crippen LogP contribution < -0.4 is 5.32 Å². The van der Waals surface area contributed by atoms with Crippen molar-refractivity contribution in [1.82, 2.24) is 0 Å². The molecular weight excluding hydrogens is 575 g/mol. The van der Waals surface area contributed by atoms with Gasteiger partial charge in [0.25, 0.3) is 5.91 Å². The minimum atomic E-state index is -4.09. The first-order valence-electron chi connectivity index (χ1n) is 12.8. The van der Waals surface area contributed by atoms with Crippen molar-refractivity contribution in [2.24, 2.45) is 17.8 Å². The molecule has 1 amide bonds. The molecule has 2 aliphatic rings. The molecule has 2 aromatic carbocycles. The van der Waals surface area contributed by atoms with Gasteiger partial charge in [0.05, 0.1) is 40.1 Å². The molecular formula is C27H31ClF3NO7S. The number of anilines is 1. The topological polar surface area (TPSA) is 133 Å². The Morgan fingerprint density at radius 2 is 1.80 bits per heavy atom. The highest BCUT2D eigenvalue weighted by Gasteiger charge is 2.58. The summed E-state index contributed by atoms with van der Waals surface area (Å²) in [5.41, 5.74) is -1.82. The Balaban J connectivity index is 1.53. The number of hydrogen-bond donors (Lipinski definition) is 4. The van der Waals surface area contributed by atoms with E-state index in [1.54, 1.807) is 0 Å². The Morgan fingerprint density at radius 1 is 1.15 bits per heavy atom. The van der Waals surface area contributed by atoms with Gasteiger partial charge in [0.1, 0.15) is 6.10 Å². The van der Waals surface area contributed by atoms with Crippen LogP contribution in [-0.2, 0) is 14.6 Å². The van der Waals surface area contributed by atoms with Crippen molar-refractivity contribution in [1.29, 1.82) is 0 Å². The van der Waals surface area contributed by atoms with E-state index in [1.165, 1.54) is 19.1 Å². The van der Waals surface area contributed by atoms with Gasteiger partial charge in [-0.05, 0) is 62.1 Å². The molecule has 2 bridgehead atoms. The molecule has 0 saturated heterocycles. The van der Waals surface area contributed by atoms with Crippen molar-refractivity contribution in [2.75, 3.05) is 18.5 Å². The van der Waals surface area contributed by atoms with Crippen LogP contribution in [0.25, 0.3) is 0 Å². The summed E-state index contributed by atoms with van der Waals surface area (Å²) in [6.45, 7) is 3.03. The number of halogens is 4. The van der Waals surface area contributed by atoms with Crippen LogP contribution in [0.4, 0.5) is 18.9 Å². The second kappa shape index (κ2) is 11.6. The fraction of sp³-hybridized carbons (Fsp3) is 0.519. The highest BCUT2D eigenvalue weighted by Crippen LogP contribution is 2.54. The standard InChI is InChI=1S/C27H31ClF3NO7S/c1-13-5-16-7-18(10-19(13)27(16,36)12-39-11-23(34)14(2)33)40(37,38)24-6-15(3-4-20(24)28)26(35)32-17-8-21(29)25(31)22(30)9-17/h3-4,6,8-9,13-14,16,18-19,23,33-34,36H,5,7,10-12H2,1-2H3,(H,32,35)/t13?,14-,16?,18-,19-,23-,27-/m1/s1. The number of carbonyl (C=O) groups is 1. The van der Waals surface area contributed by atoms with Crippen LogP contribution in [0.5, 0.6) is 0 Å². The maximum absolute atomic E-state index is 13.8. The summed E-state index contributed by atoms with van der Waals surface area (Å²) in [6.07, 6.45) is -1.34. The monoisotopic (exact) mass is 605 g/mol. The van der Waals surface area contributed by atoms with Crippen LogP contribution >= 0.6 is 11.6 Å². The number of fused-ring (bicyclic) bond motifs is 2. The molecule has 220 valence electrons. The maximum Gasteiger partial charge on any atom is 0.255 e. The maximum atomic E-state index is 13.8. The first-order valence-corrected chi connectivity index (χ1v) is 14.7. The predicted octanol–water partition coefficient (Wildman–Crippen LogP) is 3.71. The number of ether oxygens (including phenoxy) is 1. The number of benzene rings is 2. The molecule has 2 aliphatic carbocycles. The average molecular weight is 606 g/mol. The van der Waals surface area contributed by atoms with E-state index in [4.69, 9.17) is 16.3 Å². The summed E-state index contributed by atoms with van der Waals surface area (Å²) < 4.78 is 73.4. The van der Waals surface area contributed by atoms with Gasteiger partial charge in [-0.15, -0.1) is 0 Å².